The molecule has 0 saturated carbocycles. The molecule has 0 aromatic heterocycles. The molecule has 1 aliphatic rings. The number of halogens is 1. The predicted molar refractivity (Wildman–Crippen MR) is 104 cm³/mol. The fourth-order valence-electron chi connectivity index (χ4n) is 3.26. The summed E-state index contributed by atoms with van der Waals surface area (Å²) < 4.78 is 13.1. The van der Waals surface area contributed by atoms with Crippen molar-refractivity contribution in [3.8, 4) is 0 Å². The number of nitrogens with zero attached hydrogens (tertiary/aromatic N) is 2. The van der Waals surface area contributed by atoms with Gasteiger partial charge in [0.2, 0.25) is 17.7 Å². The highest BCUT2D eigenvalue weighted by Crippen LogP contribution is 2.28. The van der Waals surface area contributed by atoms with Crippen LogP contribution in [0.3, 0.4) is 0 Å². The zero-order valence-electron chi connectivity index (χ0n) is 16.0. The van der Waals surface area contributed by atoms with E-state index in [2.05, 4.69) is 5.32 Å². The van der Waals surface area contributed by atoms with Crippen LogP contribution in [0.15, 0.2) is 48.5 Å². The normalized spacial score (nSPS) is 16.1. The second-order valence-electron chi connectivity index (χ2n) is 6.79. The Morgan fingerprint density at radius 2 is 1.69 bits per heavy atom. The highest BCUT2D eigenvalue weighted by atomic mass is 19.1. The Kier molecular flexibility index (Phi) is 5.72. The fourth-order valence-corrected chi connectivity index (χ4v) is 3.26. The maximum absolute atomic E-state index is 13.1. The topological polar surface area (TPSA) is 86.8 Å². The van der Waals surface area contributed by atoms with Crippen LogP contribution in [-0.2, 0) is 25.7 Å². The summed E-state index contributed by atoms with van der Waals surface area (Å²) in [6.07, 6.45) is -0.132. The lowest BCUT2D eigenvalue weighted by Crippen LogP contribution is -2.44. The number of amides is 4. The maximum atomic E-state index is 13.1. The van der Waals surface area contributed by atoms with Gasteiger partial charge in [0.05, 0.1) is 12.1 Å². The minimum atomic E-state index is -0.930. The van der Waals surface area contributed by atoms with Crippen molar-refractivity contribution in [3.05, 3.63) is 59.9 Å². The van der Waals surface area contributed by atoms with Crippen molar-refractivity contribution in [2.45, 2.75) is 32.9 Å². The van der Waals surface area contributed by atoms with E-state index in [1.54, 1.807) is 24.3 Å². The van der Waals surface area contributed by atoms with Gasteiger partial charge in [-0.15, -0.1) is 0 Å². The Hall–Kier alpha value is -3.55. The Morgan fingerprint density at radius 1 is 1.07 bits per heavy atom. The molecule has 2 aromatic rings. The van der Waals surface area contributed by atoms with Crippen molar-refractivity contribution in [2.24, 2.45) is 0 Å². The lowest BCUT2D eigenvalue weighted by atomic mass is 10.1. The Balaban J connectivity index is 1.81. The molecule has 0 bridgehead atoms. The summed E-state index contributed by atoms with van der Waals surface area (Å²) in [5.74, 6) is -1.91. The van der Waals surface area contributed by atoms with E-state index in [0.717, 1.165) is 4.90 Å². The molecule has 29 heavy (non-hydrogen) atoms. The number of nitrogens with one attached hydrogen (secondary N) is 1. The van der Waals surface area contributed by atoms with Gasteiger partial charge in [0.1, 0.15) is 11.9 Å². The highest BCUT2D eigenvalue weighted by Gasteiger charge is 2.43. The smallest absolute Gasteiger partial charge is 0.257 e. The van der Waals surface area contributed by atoms with Gasteiger partial charge in [-0.1, -0.05) is 12.1 Å². The monoisotopic (exact) mass is 397 g/mol. The van der Waals surface area contributed by atoms with Gasteiger partial charge in [-0.3, -0.25) is 19.2 Å². The minimum Gasteiger partial charge on any atom is -0.326 e. The molecule has 1 unspecified atom stereocenters. The first kappa shape index (κ1) is 20.2. The second kappa shape index (κ2) is 8.22. The lowest BCUT2D eigenvalue weighted by molar-refractivity contribution is -0.137. The van der Waals surface area contributed by atoms with Gasteiger partial charge < -0.3 is 10.2 Å². The third-order valence-electron chi connectivity index (χ3n) is 4.62. The predicted octanol–water partition coefficient (Wildman–Crippen LogP) is 2.46. The van der Waals surface area contributed by atoms with Crippen molar-refractivity contribution in [2.75, 3.05) is 10.2 Å². The number of hydrogen-bond acceptors (Lipinski definition) is 4. The Morgan fingerprint density at radius 3 is 2.24 bits per heavy atom. The molecule has 8 heteroatoms. The van der Waals surface area contributed by atoms with E-state index >= 15 is 0 Å². The third kappa shape index (κ3) is 4.48. The molecule has 3 rings (SSSR count). The van der Waals surface area contributed by atoms with E-state index in [4.69, 9.17) is 0 Å². The molecule has 0 aliphatic carbocycles. The van der Waals surface area contributed by atoms with Crippen LogP contribution in [0.5, 0.6) is 0 Å². The zero-order chi connectivity index (χ0) is 21.1. The van der Waals surface area contributed by atoms with Crippen molar-refractivity contribution >= 4 is 35.0 Å². The molecule has 1 aliphatic heterocycles. The standard InChI is InChI=1S/C21H20FN3O4/c1-13(26)23-17-7-9-18(10-8-17)25-20(28)11-19(21(25)29)24(14(2)27)12-15-3-5-16(22)6-4-15/h3-10,19H,11-12H2,1-2H3,(H,23,26). The lowest BCUT2D eigenvalue weighted by Gasteiger charge is -2.26. The number of anilines is 2. The average Bonchev–Trinajstić information content (AvgIpc) is 2.95. The van der Waals surface area contributed by atoms with E-state index in [0.29, 0.717) is 16.9 Å². The van der Waals surface area contributed by atoms with E-state index < -0.39 is 23.7 Å². The summed E-state index contributed by atoms with van der Waals surface area (Å²) in [5, 5.41) is 2.61. The van der Waals surface area contributed by atoms with Crippen LogP contribution >= 0.6 is 0 Å². The first-order chi connectivity index (χ1) is 13.8. The highest BCUT2D eigenvalue weighted by molar-refractivity contribution is 6.23. The molecule has 1 saturated heterocycles. The quantitative estimate of drug-likeness (QED) is 0.786. The van der Waals surface area contributed by atoms with E-state index in [9.17, 15) is 23.6 Å². The first-order valence-corrected chi connectivity index (χ1v) is 9.02. The van der Waals surface area contributed by atoms with Crippen LogP contribution in [0.4, 0.5) is 15.8 Å². The van der Waals surface area contributed by atoms with Gasteiger partial charge in [0.25, 0.3) is 5.91 Å². The van der Waals surface area contributed by atoms with Gasteiger partial charge in [0, 0.05) is 26.1 Å². The summed E-state index contributed by atoms with van der Waals surface area (Å²) in [4.78, 5) is 51.1. The van der Waals surface area contributed by atoms with Crippen molar-refractivity contribution in [1.29, 1.82) is 0 Å². The molecule has 1 N–H and O–H groups in total. The van der Waals surface area contributed by atoms with Crippen molar-refractivity contribution in [1.82, 2.24) is 4.90 Å². The summed E-state index contributed by atoms with van der Waals surface area (Å²) in [6.45, 7) is 2.80. The molecule has 150 valence electrons. The average molecular weight is 397 g/mol. The summed E-state index contributed by atoms with van der Waals surface area (Å²) in [7, 11) is 0. The zero-order valence-corrected chi connectivity index (χ0v) is 16.0. The first-order valence-electron chi connectivity index (χ1n) is 9.02. The van der Waals surface area contributed by atoms with E-state index in [1.807, 2.05) is 0 Å². The van der Waals surface area contributed by atoms with Crippen LogP contribution < -0.4 is 10.2 Å². The van der Waals surface area contributed by atoms with Crippen LogP contribution in [-0.4, -0.2) is 34.6 Å². The molecule has 0 spiro atoms. The SMILES string of the molecule is CC(=O)Nc1ccc(N2C(=O)CC(N(Cc3ccc(F)cc3)C(C)=O)C2=O)cc1. The fraction of sp³-hybridized carbons (Fsp3) is 0.238. The van der Waals surface area contributed by atoms with E-state index in [-0.39, 0.29) is 24.8 Å². The van der Waals surface area contributed by atoms with Gasteiger partial charge >= 0.3 is 0 Å². The third-order valence-corrected chi connectivity index (χ3v) is 4.62. The summed E-state index contributed by atoms with van der Waals surface area (Å²) in [5.41, 5.74) is 1.56. The molecule has 2 aromatic carbocycles. The number of carbonyl (C=O) groups is 4. The Bertz CT molecular complexity index is 957. The van der Waals surface area contributed by atoms with Gasteiger partial charge in [-0.25, -0.2) is 9.29 Å². The van der Waals surface area contributed by atoms with Gasteiger partial charge in [-0.05, 0) is 42.0 Å². The van der Waals surface area contributed by atoms with Crippen LogP contribution in [0, 0.1) is 5.82 Å². The van der Waals surface area contributed by atoms with E-state index in [1.165, 1.54) is 43.0 Å². The minimum absolute atomic E-state index is 0.0919. The van der Waals surface area contributed by atoms with Gasteiger partial charge in [-0.2, -0.15) is 0 Å². The molecular formula is C21H20FN3O4. The number of imide groups is 1. The largest absolute Gasteiger partial charge is 0.326 e. The van der Waals surface area contributed by atoms with Crippen molar-refractivity contribution in [3.63, 3.8) is 0 Å². The maximum Gasteiger partial charge on any atom is 0.257 e. The van der Waals surface area contributed by atoms with Gasteiger partial charge in [0.15, 0.2) is 0 Å². The molecule has 0 radical (unpaired) electrons. The Labute approximate surface area is 167 Å². The van der Waals surface area contributed by atoms with Crippen LogP contribution in [0.2, 0.25) is 0 Å². The molecule has 1 fully saturated rings. The number of benzene rings is 2. The number of carbonyl (C=O) groups excluding carboxylic acids is 4. The molecule has 1 heterocycles. The molecular weight excluding hydrogens is 377 g/mol. The molecule has 4 amide bonds. The molecule has 7 nitrogen and oxygen atoms in total. The summed E-state index contributed by atoms with van der Waals surface area (Å²) in [6, 6.07) is 11.0. The number of hydrogen-bond donors (Lipinski definition) is 1. The van der Waals surface area contributed by atoms with Crippen LogP contribution in [0.1, 0.15) is 25.8 Å². The molecule has 1 atom stereocenters. The van der Waals surface area contributed by atoms with Crippen molar-refractivity contribution < 1.29 is 23.6 Å². The second-order valence-corrected chi connectivity index (χ2v) is 6.79. The number of rotatable bonds is 5. The summed E-state index contributed by atoms with van der Waals surface area (Å²) >= 11 is 0. The van der Waals surface area contributed by atoms with Crippen LogP contribution in [0.25, 0.3) is 0 Å².